The molecule has 0 aromatic rings. The predicted molar refractivity (Wildman–Crippen MR) is 419 cm³/mol. The first-order valence-electron chi connectivity index (χ1n) is 7.12. The molecule has 0 aliphatic rings. The maximum absolute atomic E-state index is 3.39. The van der Waals surface area contributed by atoms with E-state index in [1.54, 1.807) is 0 Å². The van der Waals surface area contributed by atoms with E-state index in [1.165, 1.54) is 12.8 Å². The van der Waals surface area contributed by atoms with Crippen molar-refractivity contribution < 1.29 is 0 Å². The minimum atomic E-state index is -0.733. The van der Waals surface area contributed by atoms with Gasteiger partial charge in [0.2, 0.25) is 0 Å². The maximum atomic E-state index is 3.39. The molecular weight excluding hydrogens is 3250 g/mol. The molecule has 36 heavy (non-hydrogen) atoms. The van der Waals surface area contributed by atoms with Crippen LogP contribution in [0.4, 0.5) is 0 Å². The molecule has 0 aromatic heterocycles. The Bertz CT molecular complexity index is 560. The van der Waals surface area contributed by atoms with Crippen LogP contribution in [0.1, 0.15) is 26.7 Å². The van der Waals surface area contributed by atoms with Crippen molar-refractivity contribution in [2.45, 2.75) is 26.7 Å². The quantitative estimate of drug-likeness (QED) is 0.113. The van der Waals surface area contributed by atoms with Gasteiger partial charge in [-0.15, -0.1) is 0 Å². The summed E-state index contributed by atoms with van der Waals surface area (Å²) < 4.78 is 0. The van der Waals surface area contributed by atoms with E-state index in [9.17, 15) is 0 Å². The van der Waals surface area contributed by atoms with Crippen LogP contribution in [0.3, 0.4) is 0 Å². The molecule has 32 heteroatoms. The van der Waals surface area contributed by atoms with Crippen LogP contribution in [0.5, 0.6) is 0 Å². The zero-order chi connectivity index (χ0) is 29.1. The average Bonchev–Trinajstić information content (AvgIpc) is 2.83. The number of halogens is 23. The summed E-state index contributed by atoms with van der Waals surface area (Å²) in [6, 6.07) is 0. The van der Waals surface area contributed by atoms with Crippen LogP contribution in [0.2, 0.25) is 0 Å². The van der Waals surface area contributed by atoms with E-state index in [0.29, 0.717) is 4.94 Å². The summed E-state index contributed by atoms with van der Waals surface area (Å²) in [7, 11) is 11.1. The van der Waals surface area contributed by atoms with Gasteiger partial charge in [-0.3, -0.25) is 0 Å². The summed E-state index contributed by atoms with van der Waals surface area (Å²) in [4.78, 5) is 0.363. The van der Waals surface area contributed by atoms with Crippen molar-refractivity contribution in [3.8, 4) is 0 Å². The van der Waals surface area contributed by atoms with Gasteiger partial charge >= 0.3 is 384 Å². The van der Waals surface area contributed by atoms with E-state index in [4.69, 9.17) is 0 Å². The SMILES string of the molecule is CCCC.PP(P)P(P)P(P(P)P)I(I)I(I)I(I)I(I)I(I)I(I)I(I)I(I)I(I)I(I)I(I)I. The van der Waals surface area contributed by atoms with Crippen LogP contribution in [-0.4, -0.2) is 0 Å². The first-order valence-corrected chi connectivity index (χ1v) is 164. The van der Waals surface area contributed by atoms with Gasteiger partial charge in [0.1, 0.15) is 0 Å². The van der Waals surface area contributed by atoms with Gasteiger partial charge < -0.3 is 0 Å². The van der Waals surface area contributed by atoms with Crippen LogP contribution in [0.25, 0.3) is 0 Å². The Morgan fingerprint density at radius 2 is 0.722 bits per heavy atom. The van der Waals surface area contributed by atoms with E-state index in [-0.39, 0.29) is 21.0 Å². The number of hydrogen-bond acceptors (Lipinski definition) is 0. The summed E-state index contributed by atoms with van der Waals surface area (Å²) in [5, 5.41) is 0. The molecular formula is C4H20I23P9. The van der Waals surface area contributed by atoms with Gasteiger partial charge in [0.15, 0.2) is 0 Å². The molecule has 0 heterocycles. The molecule has 0 aliphatic heterocycles. The molecule has 242 valence electrons. The van der Waals surface area contributed by atoms with Crippen LogP contribution in [0, 0.1) is 0 Å². The summed E-state index contributed by atoms with van der Waals surface area (Å²) in [6.45, 7) is 4.84. The van der Waals surface area contributed by atoms with Crippen LogP contribution in [-0.2, 0) is 0 Å². The van der Waals surface area contributed by atoms with Gasteiger partial charge in [-0.2, -0.15) is 0 Å². The van der Waals surface area contributed by atoms with Crippen molar-refractivity contribution in [3.63, 3.8) is 0 Å². The molecule has 0 aromatic carbocycles. The second kappa shape index (κ2) is 36.3. The van der Waals surface area contributed by atoms with Crippen molar-refractivity contribution in [2.24, 2.45) is 0 Å². The Morgan fingerprint density at radius 1 is 0.444 bits per heavy atom. The van der Waals surface area contributed by atoms with E-state index < -0.39 is 90.3 Å². The molecule has 0 N–H and O–H groups in total. The molecule has 7 unspecified atom stereocenters. The molecule has 7 atom stereocenters. The van der Waals surface area contributed by atoms with Gasteiger partial charge in [-0.05, 0) is 0 Å². The first kappa shape index (κ1) is 58.8. The Labute approximate surface area is 392 Å². The van der Waals surface area contributed by atoms with E-state index in [0.717, 1.165) is 0 Å². The first-order chi connectivity index (χ1) is 16.4. The van der Waals surface area contributed by atoms with Crippen LogP contribution >= 0.6 is 384 Å². The third-order valence-corrected chi connectivity index (χ3v) is 1730. The number of hydrogen-bond donors (Lipinski definition) is 0. The van der Waals surface area contributed by atoms with Gasteiger partial charge in [0.25, 0.3) is 0 Å². The third-order valence-electron chi connectivity index (χ3n) is 2.03. The fraction of sp³-hybridized carbons (Fsp3) is 1.00. The van der Waals surface area contributed by atoms with E-state index in [2.05, 4.69) is 282 Å². The molecule has 0 saturated carbocycles. The Balaban J connectivity index is 0. The van der Waals surface area contributed by atoms with Gasteiger partial charge in [-0.1, -0.05) is 26.7 Å². The Hall–Kier alpha value is 20.7. The minimum absolute atomic E-state index is 0.114. The predicted octanol–water partition coefficient (Wildman–Crippen LogP) is 27.3. The number of unbranched alkanes of at least 4 members (excludes halogenated alkanes) is 1. The second-order valence-corrected chi connectivity index (χ2v) is 564. The van der Waals surface area contributed by atoms with Crippen LogP contribution < -0.4 is 0 Å². The average molecular weight is 3270 g/mol. The fourth-order valence-corrected chi connectivity index (χ4v) is 4000. The monoisotopic (exact) mass is 3270 g/mol. The Morgan fingerprint density at radius 3 is 0.944 bits per heavy atom. The molecule has 0 bridgehead atoms. The van der Waals surface area contributed by atoms with Crippen molar-refractivity contribution in [1.29, 1.82) is 0 Å². The van der Waals surface area contributed by atoms with Crippen molar-refractivity contribution >= 4 is 384 Å². The molecule has 0 rings (SSSR count). The molecule has 0 saturated heterocycles. The van der Waals surface area contributed by atoms with Crippen molar-refractivity contribution in [3.05, 3.63) is 0 Å². The summed E-state index contributed by atoms with van der Waals surface area (Å²) in [6.07, 6.45) is 2.64. The zero-order valence-electron chi connectivity index (χ0n) is 16.8. The summed E-state index contributed by atoms with van der Waals surface area (Å²) in [5.74, 6) is 0. The summed E-state index contributed by atoms with van der Waals surface area (Å²) >= 11 is 37.2. The van der Waals surface area contributed by atoms with E-state index >= 15 is 0 Å². The molecule has 0 fully saturated rings. The van der Waals surface area contributed by atoms with Crippen LogP contribution in [0.15, 0.2) is 0 Å². The zero-order valence-corrected chi connectivity index (χ0v) is 75.8. The molecule has 0 amide bonds. The standard InChI is InChI=1S/C4H10.H10I23P9/c1-3-4-2;1-13(2)14(3)15(4)16(5)17(6)18(7)19(8)20(9)21(10)22(11)23(12)29(30(24)25)32(28)31(26)27/h3-4H2,1-2H3;24-28H2. The van der Waals surface area contributed by atoms with E-state index in [1.807, 2.05) is 0 Å². The molecule has 0 aliphatic carbocycles. The van der Waals surface area contributed by atoms with Crippen molar-refractivity contribution in [2.75, 3.05) is 0 Å². The van der Waals surface area contributed by atoms with Gasteiger partial charge in [0.05, 0.1) is 0 Å². The van der Waals surface area contributed by atoms with Crippen molar-refractivity contribution in [1.82, 2.24) is 0 Å². The van der Waals surface area contributed by atoms with Gasteiger partial charge in [0, 0.05) is 0 Å². The molecule has 0 radical (unpaired) electrons. The molecule has 0 spiro atoms. The third kappa shape index (κ3) is 26.1. The summed E-state index contributed by atoms with van der Waals surface area (Å²) in [5.41, 5.74) is 0. The topological polar surface area (TPSA) is 0 Å². The Kier molecular flexibility index (Phi) is 59.3. The number of rotatable bonds is 15. The van der Waals surface area contributed by atoms with Gasteiger partial charge in [-0.25, -0.2) is 0 Å². The second-order valence-electron chi connectivity index (χ2n) is 4.12. The normalized spacial score (nSPS) is 17.8. The fourth-order valence-electron chi connectivity index (χ4n) is 0.639. The molecule has 0 nitrogen and oxygen atoms in total.